The molecule has 0 spiro atoms. The van der Waals surface area contributed by atoms with Crippen molar-refractivity contribution in [3.63, 3.8) is 0 Å². The van der Waals surface area contributed by atoms with Crippen LogP contribution in [-0.4, -0.2) is 25.7 Å². The minimum atomic E-state index is -4.55. The zero-order valence-corrected chi connectivity index (χ0v) is 12.9. The fourth-order valence-electron chi connectivity index (χ4n) is 2.39. The Morgan fingerprint density at radius 1 is 1.23 bits per heavy atom. The van der Waals surface area contributed by atoms with Crippen LogP contribution in [-0.2, 0) is 4.57 Å². The minimum absolute atomic E-state index is 0.0827. The summed E-state index contributed by atoms with van der Waals surface area (Å²) in [4.78, 5) is 18.0. The number of aliphatic hydroxyl groups is 1. The number of rotatable bonds is 4. The Labute approximate surface area is 128 Å². The van der Waals surface area contributed by atoms with Gasteiger partial charge in [0.2, 0.25) is 0 Å². The quantitative estimate of drug-likeness (QED) is 0.637. The van der Waals surface area contributed by atoms with Gasteiger partial charge in [-0.1, -0.05) is 25.1 Å². The molecule has 1 aromatic carbocycles. The fraction of sp³-hybridized carbons (Fsp3) is 0.267. The molecule has 0 bridgehead atoms. The SMILES string of the molecule is CC(CC1C=CC(O)=C/C1=N\P(=O)(O)O)c1ccc(O)cc1. The first-order valence-corrected chi connectivity index (χ1v) is 8.34. The summed E-state index contributed by atoms with van der Waals surface area (Å²) in [6.07, 6.45) is 5.02. The molecule has 118 valence electrons. The maximum absolute atomic E-state index is 11.1. The highest BCUT2D eigenvalue weighted by Crippen LogP contribution is 2.39. The molecule has 22 heavy (non-hydrogen) atoms. The molecule has 0 saturated carbocycles. The van der Waals surface area contributed by atoms with E-state index in [0.717, 1.165) is 5.56 Å². The molecule has 4 N–H and O–H groups in total. The van der Waals surface area contributed by atoms with E-state index in [1.165, 1.54) is 12.2 Å². The summed E-state index contributed by atoms with van der Waals surface area (Å²) >= 11 is 0. The largest absolute Gasteiger partial charge is 0.508 e. The Kier molecular flexibility index (Phi) is 4.86. The van der Waals surface area contributed by atoms with Gasteiger partial charge in [-0.25, -0.2) is 4.57 Å². The van der Waals surface area contributed by atoms with Crippen LogP contribution >= 0.6 is 7.75 Å². The van der Waals surface area contributed by atoms with Crippen LogP contribution in [0.1, 0.15) is 24.8 Å². The van der Waals surface area contributed by atoms with Gasteiger partial charge in [0.25, 0.3) is 0 Å². The topological polar surface area (TPSA) is 110 Å². The third-order valence-electron chi connectivity index (χ3n) is 3.49. The van der Waals surface area contributed by atoms with Gasteiger partial charge in [0, 0.05) is 12.0 Å². The van der Waals surface area contributed by atoms with Crippen LogP contribution in [0, 0.1) is 5.92 Å². The van der Waals surface area contributed by atoms with E-state index in [-0.39, 0.29) is 29.1 Å². The molecular formula is C15H18NO5P. The van der Waals surface area contributed by atoms with Gasteiger partial charge >= 0.3 is 7.75 Å². The highest BCUT2D eigenvalue weighted by atomic mass is 31.2. The molecule has 0 amide bonds. The Bertz CT molecular complexity index is 672. The number of aromatic hydroxyl groups is 1. The average molecular weight is 323 g/mol. The van der Waals surface area contributed by atoms with Crippen LogP contribution in [0.3, 0.4) is 0 Å². The van der Waals surface area contributed by atoms with Gasteiger partial charge in [0.1, 0.15) is 11.5 Å². The number of phenols is 1. The fourth-order valence-corrected chi connectivity index (χ4v) is 2.90. The summed E-state index contributed by atoms with van der Waals surface area (Å²) in [6, 6.07) is 6.80. The molecule has 0 radical (unpaired) electrons. The summed E-state index contributed by atoms with van der Waals surface area (Å²) in [5, 5.41) is 18.8. The van der Waals surface area contributed by atoms with Crippen molar-refractivity contribution in [2.45, 2.75) is 19.3 Å². The summed E-state index contributed by atoms with van der Waals surface area (Å²) in [6.45, 7) is 1.98. The van der Waals surface area contributed by atoms with Gasteiger partial charge in [0.05, 0.1) is 5.71 Å². The number of benzene rings is 1. The second-order valence-corrected chi connectivity index (χ2v) is 6.53. The van der Waals surface area contributed by atoms with E-state index in [2.05, 4.69) is 4.76 Å². The second kappa shape index (κ2) is 6.48. The zero-order valence-electron chi connectivity index (χ0n) is 12.0. The first-order valence-electron chi connectivity index (χ1n) is 6.78. The molecule has 0 saturated heterocycles. The van der Waals surface area contributed by atoms with Crippen molar-refractivity contribution >= 4 is 13.5 Å². The van der Waals surface area contributed by atoms with Crippen LogP contribution in [0.15, 0.2) is 53.0 Å². The van der Waals surface area contributed by atoms with E-state index < -0.39 is 7.75 Å². The molecule has 7 heteroatoms. The molecule has 1 aromatic rings. The number of aliphatic hydroxyl groups excluding tert-OH is 1. The molecule has 0 fully saturated rings. The van der Waals surface area contributed by atoms with Crippen LogP contribution in [0.4, 0.5) is 0 Å². The van der Waals surface area contributed by atoms with Crippen molar-refractivity contribution in [3.8, 4) is 5.75 Å². The summed E-state index contributed by atoms with van der Waals surface area (Å²) < 4.78 is 14.5. The van der Waals surface area contributed by atoms with Crippen LogP contribution < -0.4 is 0 Å². The van der Waals surface area contributed by atoms with Gasteiger partial charge < -0.3 is 20.0 Å². The lowest BCUT2D eigenvalue weighted by Gasteiger charge is -2.21. The van der Waals surface area contributed by atoms with Crippen LogP contribution in [0.5, 0.6) is 5.75 Å². The summed E-state index contributed by atoms with van der Waals surface area (Å²) in [5.41, 5.74) is 1.17. The van der Waals surface area contributed by atoms with Crippen molar-refractivity contribution in [3.05, 3.63) is 53.8 Å². The third-order valence-corrected chi connectivity index (χ3v) is 3.98. The predicted molar refractivity (Wildman–Crippen MR) is 84.0 cm³/mol. The predicted octanol–water partition coefficient (Wildman–Crippen LogP) is 3.05. The molecular weight excluding hydrogens is 305 g/mol. The number of hydrogen-bond donors (Lipinski definition) is 4. The smallest absolute Gasteiger partial charge is 0.448 e. The first-order chi connectivity index (χ1) is 10.2. The molecule has 2 atom stereocenters. The molecule has 2 unspecified atom stereocenters. The minimum Gasteiger partial charge on any atom is -0.508 e. The normalized spacial score (nSPS) is 21.7. The molecule has 6 nitrogen and oxygen atoms in total. The van der Waals surface area contributed by atoms with Crippen LogP contribution in [0.2, 0.25) is 0 Å². The van der Waals surface area contributed by atoms with Crippen molar-refractivity contribution in [1.29, 1.82) is 0 Å². The van der Waals surface area contributed by atoms with Crippen molar-refractivity contribution < 1.29 is 24.6 Å². The second-order valence-electron chi connectivity index (χ2n) is 5.30. The first kappa shape index (κ1) is 16.5. The highest BCUT2D eigenvalue weighted by molar-refractivity contribution is 7.50. The lowest BCUT2D eigenvalue weighted by atomic mass is 9.85. The van der Waals surface area contributed by atoms with Gasteiger partial charge in [-0.3, -0.25) is 0 Å². The zero-order chi connectivity index (χ0) is 16.3. The Morgan fingerprint density at radius 3 is 2.45 bits per heavy atom. The van der Waals surface area contributed by atoms with Crippen LogP contribution in [0.25, 0.3) is 0 Å². The maximum atomic E-state index is 11.1. The number of phenolic OH excluding ortho intramolecular Hbond substituents is 1. The van der Waals surface area contributed by atoms with Gasteiger partial charge in [-0.15, -0.1) is 0 Å². The summed E-state index contributed by atoms with van der Waals surface area (Å²) in [5.74, 6) is -0.107. The summed E-state index contributed by atoms with van der Waals surface area (Å²) in [7, 11) is -4.55. The standard InChI is InChI=1S/C15H18NO5P/c1-10(11-2-5-13(17)6-3-11)8-12-4-7-14(18)9-15(12)16-22(19,20)21/h2-7,9-10,12,17-18H,8H2,1H3,(H2,19,20,21)/b16-15+. The lowest BCUT2D eigenvalue weighted by Crippen LogP contribution is -2.16. The molecule has 0 aliphatic heterocycles. The molecule has 0 aromatic heterocycles. The average Bonchev–Trinajstić information content (AvgIpc) is 2.41. The van der Waals surface area contributed by atoms with Gasteiger partial charge in [0.15, 0.2) is 0 Å². The lowest BCUT2D eigenvalue weighted by molar-refractivity contribution is 0.375. The van der Waals surface area contributed by atoms with E-state index in [9.17, 15) is 14.8 Å². The van der Waals surface area contributed by atoms with Crippen molar-refractivity contribution in [2.24, 2.45) is 10.7 Å². The molecule has 0 heterocycles. The Morgan fingerprint density at radius 2 is 1.86 bits per heavy atom. The number of allylic oxidation sites excluding steroid dienone is 3. The molecule has 2 rings (SSSR count). The van der Waals surface area contributed by atoms with E-state index in [0.29, 0.717) is 6.42 Å². The van der Waals surface area contributed by atoms with Gasteiger partial charge in [-0.05, 0) is 36.1 Å². The Balaban J connectivity index is 2.20. The van der Waals surface area contributed by atoms with Crippen molar-refractivity contribution in [1.82, 2.24) is 0 Å². The van der Waals surface area contributed by atoms with E-state index in [4.69, 9.17) is 9.79 Å². The maximum Gasteiger partial charge on any atom is 0.448 e. The number of nitrogens with zero attached hydrogens (tertiary/aromatic N) is 1. The highest BCUT2D eigenvalue weighted by Gasteiger charge is 2.23. The van der Waals surface area contributed by atoms with E-state index in [1.54, 1.807) is 30.3 Å². The van der Waals surface area contributed by atoms with Crippen molar-refractivity contribution in [2.75, 3.05) is 0 Å². The Hall–Kier alpha value is -1.88. The monoisotopic (exact) mass is 323 g/mol. The van der Waals surface area contributed by atoms with E-state index >= 15 is 0 Å². The number of hydrogen-bond acceptors (Lipinski definition) is 3. The van der Waals surface area contributed by atoms with Gasteiger partial charge in [-0.2, -0.15) is 4.76 Å². The molecule has 1 aliphatic rings. The molecule has 1 aliphatic carbocycles. The third kappa shape index (κ3) is 4.56. The van der Waals surface area contributed by atoms with E-state index in [1.807, 2.05) is 6.92 Å².